The molecule has 0 radical (unpaired) electrons. The highest BCUT2D eigenvalue weighted by Gasteiger charge is 2.17. The lowest BCUT2D eigenvalue weighted by Gasteiger charge is -2.23. The molecule has 0 saturated carbocycles. The molecular weight excluding hydrogens is 256 g/mol. The molecule has 1 rings (SSSR count). The molecule has 0 aliphatic heterocycles. The van der Waals surface area contributed by atoms with Gasteiger partial charge in [0.1, 0.15) is 11.4 Å². The Bertz CT molecular complexity index is 453. The number of carbonyl (C=O) groups is 2. The molecule has 0 aliphatic rings. The van der Waals surface area contributed by atoms with Crippen LogP contribution >= 0.6 is 0 Å². The Balaban J connectivity index is 2.61. The number of hydrogen-bond acceptors (Lipinski definition) is 3. The molecule has 0 bridgehead atoms. The summed E-state index contributed by atoms with van der Waals surface area (Å²) in [4.78, 5) is 22.2. The van der Waals surface area contributed by atoms with Crippen molar-refractivity contribution in [2.45, 2.75) is 32.8 Å². The summed E-state index contributed by atoms with van der Waals surface area (Å²) in [5.41, 5.74) is 0.162. The Labute approximate surface area is 119 Å². The van der Waals surface area contributed by atoms with Crippen molar-refractivity contribution in [3.63, 3.8) is 0 Å². The summed E-state index contributed by atoms with van der Waals surface area (Å²) in [6.07, 6.45) is 1.33. The van der Waals surface area contributed by atoms with Crippen LogP contribution in [-0.4, -0.2) is 31.0 Å². The fourth-order valence-corrected chi connectivity index (χ4v) is 1.62. The van der Waals surface area contributed by atoms with Crippen molar-refractivity contribution >= 4 is 12.3 Å². The number of amides is 2. The summed E-state index contributed by atoms with van der Waals surface area (Å²) in [6, 6.07) is 7.17. The van der Waals surface area contributed by atoms with Gasteiger partial charge in [-0.05, 0) is 39.3 Å². The highest BCUT2D eigenvalue weighted by Crippen LogP contribution is 2.22. The van der Waals surface area contributed by atoms with Gasteiger partial charge in [-0.3, -0.25) is 9.59 Å². The zero-order valence-corrected chi connectivity index (χ0v) is 12.2. The van der Waals surface area contributed by atoms with Crippen LogP contribution in [0.3, 0.4) is 0 Å². The van der Waals surface area contributed by atoms with Crippen LogP contribution in [0.15, 0.2) is 24.3 Å². The molecule has 2 amide bonds. The van der Waals surface area contributed by atoms with Gasteiger partial charge in [0.2, 0.25) is 6.41 Å². The fourth-order valence-electron chi connectivity index (χ4n) is 1.62. The topological polar surface area (TPSA) is 67.4 Å². The molecule has 1 aromatic rings. The van der Waals surface area contributed by atoms with E-state index >= 15 is 0 Å². The van der Waals surface area contributed by atoms with Gasteiger partial charge in [-0.1, -0.05) is 12.1 Å². The van der Waals surface area contributed by atoms with Crippen molar-refractivity contribution in [2.75, 3.05) is 13.1 Å². The maximum absolute atomic E-state index is 12.1. The van der Waals surface area contributed by atoms with Crippen LogP contribution in [0.25, 0.3) is 0 Å². The van der Waals surface area contributed by atoms with Crippen LogP contribution in [0.1, 0.15) is 37.6 Å². The van der Waals surface area contributed by atoms with Crippen molar-refractivity contribution in [1.29, 1.82) is 0 Å². The molecule has 0 aliphatic carbocycles. The van der Waals surface area contributed by atoms with Gasteiger partial charge >= 0.3 is 0 Å². The van der Waals surface area contributed by atoms with E-state index < -0.39 is 0 Å². The highest BCUT2D eigenvalue weighted by atomic mass is 16.5. The van der Waals surface area contributed by atoms with E-state index in [0.29, 0.717) is 37.2 Å². The molecule has 0 spiro atoms. The molecule has 1 aromatic carbocycles. The number of ether oxygens (including phenoxy) is 1. The van der Waals surface area contributed by atoms with E-state index in [1.165, 1.54) is 0 Å². The predicted molar refractivity (Wildman–Crippen MR) is 77.8 cm³/mol. The molecule has 20 heavy (non-hydrogen) atoms. The highest BCUT2D eigenvalue weighted by molar-refractivity contribution is 5.96. The second-order valence-corrected chi connectivity index (χ2v) is 5.39. The molecular formula is C15H22N2O3. The summed E-state index contributed by atoms with van der Waals surface area (Å²) >= 11 is 0. The Morgan fingerprint density at radius 3 is 2.60 bits per heavy atom. The van der Waals surface area contributed by atoms with Gasteiger partial charge in [-0.2, -0.15) is 0 Å². The van der Waals surface area contributed by atoms with Gasteiger partial charge in [-0.25, -0.2) is 0 Å². The number of nitrogens with one attached hydrogen (secondary N) is 2. The monoisotopic (exact) mass is 278 g/mol. The maximum Gasteiger partial charge on any atom is 0.255 e. The molecule has 0 saturated heterocycles. The summed E-state index contributed by atoms with van der Waals surface area (Å²) < 4.78 is 5.78. The van der Waals surface area contributed by atoms with Gasteiger partial charge in [0, 0.05) is 13.1 Å². The Morgan fingerprint density at radius 1 is 1.25 bits per heavy atom. The SMILES string of the molecule is CC(C)(C)Oc1ccccc1C(=O)NCCCNC=O. The second-order valence-electron chi connectivity index (χ2n) is 5.39. The Hall–Kier alpha value is -2.04. The van der Waals surface area contributed by atoms with Crippen LogP contribution in [0.5, 0.6) is 5.75 Å². The zero-order chi connectivity index (χ0) is 15.0. The maximum atomic E-state index is 12.1. The lowest BCUT2D eigenvalue weighted by molar-refractivity contribution is -0.109. The normalized spacial score (nSPS) is 10.8. The van der Waals surface area contributed by atoms with E-state index in [-0.39, 0.29) is 11.5 Å². The quantitative estimate of drug-likeness (QED) is 0.589. The van der Waals surface area contributed by atoms with E-state index in [1.54, 1.807) is 18.2 Å². The second kappa shape index (κ2) is 7.53. The Morgan fingerprint density at radius 2 is 1.95 bits per heavy atom. The van der Waals surface area contributed by atoms with E-state index in [9.17, 15) is 9.59 Å². The third kappa shape index (κ3) is 5.73. The number of benzene rings is 1. The van der Waals surface area contributed by atoms with E-state index in [4.69, 9.17) is 4.74 Å². The minimum atomic E-state index is -0.357. The predicted octanol–water partition coefficient (Wildman–Crippen LogP) is 1.73. The molecule has 5 nitrogen and oxygen atoms in total. The van der Waals surface area contributed by atoms with Crippen molar-refractivity contribution < 1.29 is 14.3 Å². The average Bonchev–Trinajstić information content (AvgIpc) is 2.37. The molecule has 0 heterocycles. The molecule has 0 atom stereocenters. The van der Waals surface area contributed by atoms with Crippen molar-refractivity contribution in [3.8, 4) is 5.75 Å². The molecule has 0 aromatic heterocycles. The van der Waals surface area contributed by atoms with Crippen LogP contribution < -0.4 is 15.4 Å². The number of rotatable bonds is 7. The Kier molecular flexibility index (Phi) is 6.03. The first-order valence-corrected chi connectivity index (χ1v) is 6.67. The average molecular weight is 278 g/mol. The lowest BCUT2D eigenvalue weighted by atomic mass is 10.1. The van der Waals surface area contributed by atoms with E-state index in [2.05, 4.69) is 10.6 Å². The summed E-state index contributed by atoms with van der Waals surface area (Å²) in [5, 5.41) is 5.36. The summed E-state index contributed by atoms with van der Waals surface area (Å²) in [5.74, 6) is 0.402. The first-order chi connectivity index (χ1) is 9.44. The number of carbonyl (C=O) groups excluding carboxylic acids is 2. The van der Waals surface area contributed by atoms with Gasteiger partial charge < -0.3 is 15.4 Å². The number of hydrogen-bond donors (Lipinski definition) is 2. The van der Waals surface area contributed by atoms with Crippen molar-refractivity contribution in [3.05, 3.63) is 29.8 Å². The van der Waals surface area contributed by atoms with E-state index in [0.717, 1.165) is 0 Å². The first-order valence-electron chi connectivity index (χ1n) is 6.67. The van der Waals surface area contributed by atoms with Gasteiger partial charge in [0.05, 0.1) is 5.56 Å². The minimum Gasteiger partial charge on any atom is -0.487 e. The van der Waals surface area contributed by atoms with Crippen LogP contribution in [0, 0.1) is 0 Å². The molecule has 110 valence electrons. The van der Waals surface area contributed by atoms with Crippen molar-refractivity contribution in [2.24, 2.45) is 0 Å². The third-order valence-electron chi connectivity index (χ3n) is 2.41. The standard InChI is InChI=1S/C15H22N2O3/c1-15(2,3)20-13-8-5-4-7-12(13)14(19)17-10-6-9-16-11-18/h4-5,7-8,11H,6,9-10H2,1-3H3,(H,16,18)(H,17,19). The largest absolute Gasteiger partial charge is 0.487 e. The fraction of sp³-hybridized carbons (Fsp3) is 0.467. The molecule has 0 fully saturated rings. The molecule has 2 N–H and O–H groups in total. The summed E-state index contributed by atoms with van der Waals surface area (Å²) in [7, 11) is 0. The van der Waals surface area contributed by atoms with Crippen LogP contribution in [0.2, 0.25) is 0 Å². The van der Waals surface area contributed by atoms with Gasteiger partial charge in [0.25, 0.3) is 5.91 Å². The van der Waals surface area contributed by atoms with Gasteiger partial charge in [-0.15, -0.1) is 0 Å². The third-order valence-corrected chi connectivity index (χ3v) is 2.41. The first kappa shape index (κ1) is 16.0. The lowest BCUT2D eigenvalue weighted by Crippen LogP contribution is -2.29. The molecule has 5 heteroatoms. The minimum absolute atomic E-state index is 0.170. The zero-order valence-electron chi connectivity index (χ0n) is 12.2. The van der Waals surface area contributed by atoms with Crippen molar-refractivity contribution in [1.82, 2.24) is 10.6 Å². The van der Waals surface area contributed by atoms with Gasteiger partial charge in [0.15, 0.2) is 0 Å². The van der Waals surface area contributed by atoms with E-state index in [1.807, 2.05) is 26.8 Å². The molecule has 0 unspecified atom stereocenters. The summed E-state index contributed by atoms with van der Waals surface area (Å²) in [6.45, 7) is 6.86. The smallest absolute Gasteiger partial charge is 0.255 e. The number of para-hydroxylation sites is 1. The van der Waals surface area contributed by atoms with Crippen LogP contribution in [-0.2, 0) is 4.79 Å². The van der Waals surface area contributed by atoms with Crippen LogP contribution in [0.4, 0.5) is 0 Å².